The topological polar surface area (TPSA) is 38.0 Å². The molecule has 102 valence electrons. The molecular formula is C12H10Br2F2N2S. The molecule has 1 aromatic heterocycles. The van der Waals surface area contributed by atoms with E-state index in [9.17, 15) is 8.78 Å². The Morgan fingerprint density at radius 3 is 2.53 bits per heavy atom. The molecule has 0 saturated heterocycles. The molecular weight excluding hydrogens is 402 g/mol. The lowest BCUT2D eigenvalue weighted by atomic mass is 10.0. The van der Waals surface area contributed by atoms with Gasteiger partial charge in [0.1, 0.15) is 11.6 Å². The highest BCUT2D eigenvalue weighted by atomic mass is 79.9. The van der Waals surface area contributed by atoms with E-state index in [4.69, 9.17) is 5.84 Å². The fraction of sp³-hybridized carbons (Fsp3) is 0.167. The van der Waals surface area contributed by atoms with Crippen LogP contribution in [0.25, 0.3) is 0 Å². The first-order valence-electron chi connectivity index (χ1n) is 5.36. The van der Waals surface area contributed by atoms with Gasteiger partial charge in [-0.05, 0) is 62.5 Å². The van der Waals surface area contributed by atoms with Gasteiger partial charge in [0.05, 0.1) is 14.3 Å². The second-order valence-corrected chi connectivity index (χ2v) is 7.24. The van der Waals surface area contributed by atoms with Crippen molar-refractivity contribution in [1.29, 1.82) is 0 Å². The van der Waals surface area contributed by atoms with Crippen molar-refractivity contribution in [2.75, 3.05) is 0 Å². The van der Waals surface area contributed by atoms with Crippen molar-refractivity contribution in [2.45, 2.75) is 12.5 Å². The van der Waals surface area contributed by atoms with E-state index in [2.05, 4.69) is 37.3 Å². The first-order valence-corrected chi connectivity index (χ1v) is 7.77. The summed E-state index contributed by atoms with van der Waals surface area (Å²) in [5.74, 6) is 4.33. The first-order chi connectivity index (χ1) is 9.02. The molecule has 2 aromatic rings. The van der Waals surface area contributed by atoms with E-state index in [1.165, 1.54) is 23.5 Å². The molecule has 2 rings (SSSR count). The molecule has 0 bridgehead atoms. The Hall–Kier alpha value is -0.340. The fourth-order valence-corrected chi connectivity index (χ4v) is 3.57. The zero-order valence-corrected chi connectivity index (χ0v) is 13.6. The minimum absolute atomic E-state index is 0.0156. The molecule has 19 heavy (non-hydrogen) atoms. The summed E-state index contributed by atoms with van der Waals surface area (Å²) in [6, 6.07) is 5.99. The van der Waals surface area contributed by atoms with Gasteiger partial charge < -0.3 is 0 Å². The second-order valence-electron chi connectivity index (χ2n) is 3.89. The standard InChI is InChI=1S/C12H10Br2F2N2S/c13-7-1-2-8(15)6(12(7)16)5-9(18-17)10-3-4-11(14)19-10/h1-4,9,18H,5,17H2. The minimum atomic E-state index is -0.587. The minimum Gasteiger partial charge on any atom is -0.271 e. The number of hydrazine groups is 1. The van der Waals surface area contributed by atoms with Crippen molar-refractivity contribution >= 4 is 43.2 Å². The lowest BCUT2D eigenvalue weighted by Crippen LogP contribution is -2.29. The third kappa shape index (κ3) is 3.41. The zero-order chi connectivity index (χ0) is 14.0. The quantitative estimate of drug-likeness (QED) is 0.447. The lowest BCUT2D eigenvalue weighted by Gasteiger charge is -2.15. The number of nitrogens with two attached hydrogens (primary N) is 1. The van der Waals surface area contributed by atoms with Crippen molar-refractivity contribution in [3.05, 3.63) is 54.6 Å². The highest BCUT2D eigenvalue weighted by Gasteiger charge is 2.19. The van der Waals surface area contributed by atoms with E-state index in [1.54, 1.807) is 0 Å². The molecule has 1 atom stereocenters. The van der Waals surface area contributed by atoms with Crippen LogP contribution in [0.4, 0.5) is 8.78 Å². The van der Waals surface area contributed by atoms with E-state index in [0.29, 0.717) is 0 Å². The normalized spacial score (nSPS) is 12.7. The van der Waals surface area contributed by atoms with Gasteiger partial charge in [0.2, 0.25) is 0 Å². The van der Waals surface area contributed by atoms with Gasteiger partial charge in [0.15, 0.2) is 0 Å². The molecule has 3 N–H and O–H groups in total. The van der Waals surface area contributed by atoms with E-state index < -0.39 is 11.6 Å². The van der Waals surface area contributed by atoms with Crippen LogP contribution in [-0.4, -0.2) is 0 Å². The highest BCUT2D eigenvalue weighted by Crippen LogP contribution is 2.31. The van der Waals surface area contributed by atoms with Crippen molar-refractivity contribution in [3.8, 4) is 0 Å². The predicted molar refractivity (Wildman–Crippen MR) is 79.8 cm³/mol. The largest absolute Gasteiger partial charge is 0.271 e. The smallest absolute Gasteiger partial charge is 0.143 e. The Balaban J connectivity index is 2.31. The van der Waals surface area contributed by atoms with Gasteiger partial charge in [0, 0.05) is 10.4 Å². The Kier molecular flexibility index (Phi) is 5.08. The maximum atomic E-state index is 13.9. The van der Waals surface area contributed by atoms with Crippen molar-refractivity contribution in [1.82, 2.24) is 5.43 Å². The number of rotatable bonds is 4. The average Bonchev–Trinajstić information content (AvgIpc) is 2.81. The van der Waals surface area contributed by atoms with E-state index >= 15 is 0 Å². The number of nitrogens with one attached hydrogen (secondary N) is 1. The SMILES string of the molecule is NNC(Cc1c(F)ccc(Br)c1F)c1ccc(Br)s1. The van der Waals surface area contributed by atoms with Gasteiger partial charge in [0.25, 0.3) is 0 Å². The molecule has 0 aliphatic rings. The number of hydrogen-bond acceptors (Lipinski definition) is 3. The molecule has 0 fully saturated rings. The summed E-state index contributed by atoms with van der Waals surface area (Å²) >= 11 is 7.88. The third-order valence-corrected chi connectivity index (χ3v) is 5.04. The van der Waals surface area contributed by atoms with Crippen LogP contribution in [0.2, 0.25) is 0 Å². The van der Waals surface area contributed by atoms with Crippen molar-refractivity contribution in [3.63, 3.8) is 0 Å². The van der Waals surface area contributed by atoms with E-state index in [0.717, 1.165) is 8.66 Å². The number of benzene rings is 1. The van der Waals surface area contributed by atoms with Gasteiger partial charge >= 0.3 is 0 Å². The molecule has 1 aromatic carbocycles. The Morgan fingerprint density at radius 2 is 1.95 bits per heavy atom. The lowest BCUT2D eigenvalue weighted by molar-refractivity contribution is 0.502. The van der Waals surface area contributed by atoms with Gasteiger partial charge in [-0.1, -0.05) is 0 Å². The van der Waals surface area contributed by atoms with Crippen LogP contribution in [0.1, 0.15) is 16.5 Å². The van der Waals surface area contributed by atoms with Crippen molar-refractivity contribution < 1.29 is 8.78 Å². The molecule has 0 aliphatic carbocycles. The second kappa shape index (κ2) is 6.41. The molecule has 2 nitrogen and oxygen atoms in total. The van der Waals surface area contributed by atoms with Crippen LogP contribution in [-0.2, 0) is 6.42 Å². The summed E-state index contributed by atoms with van der Waals surface area (Å²) in [5, 5.41) is 0. The number of halogens is 4. The summed E-state index contributed by atoms with van der Waals surface area (Å²) in [4.78, 5) is 0.910. The molecule has 0 spiro atoms. The monoisotopic (exact) mass is 410 g/mol. The number of thiophene rings is 1. The summed E-state index contributed by atoms with van der Waals surface area (Å²) in [7, 11) is 0. The fourth-order valence-electron chi connectivity index (χ4n) is 1.72. The third-order valence-electron chi connectivity index (χ3n) is 2.69. The molecule has 1 unspecified atom stereocenters. The van der Waals surface area contributed by atoms with Gasteiger partial charge in [-0.25, -0.2) is 8.78 Å². The van der Waals surface area contributed by atoms with Crippen LogP contribution in [0.5, 0.6) is 0 Å². The molecule has 0 amide bonds. The van der Waals surface area contributed by atoms with Gasteiger partial charge in [-0.3, -0.25) is 11.3 Å². The Bertz CT molecular complexity index is 589. The van der Waals surface area contributed by atoms with Crippen LogP contribution in [0.3, 0.4) is 0 Å². The molecule has 7 heteroatoms. The molecule has 1 heterocycles. The zero-order valence-electron chi connectivity index (χ0n) is 9.59. The van der Waals surface area contributed by atoms with Crippen LogP contribution >= 0.6 is 43.2 Å². The maximum absolute atomic E-state index is 13.9. The van der Waals surface area contributed by atoms with Crippen LogP contribution < -0.4 is 11.3 Å². The number of hydrogen-bond donors (Lipinski definition) is 2. The Morgan fingerprint density at radius 1 is 1.21 bits per heavy atom. The van der Waals surface area contributed by atoms with Gasteiger partial charge in [-0.15, -0.1) is 11.3 Å². The van der Waals surface area contributed by atoms with Gasteiger partial charge in [-0.2, -0.15) is 0 Å². The molecule has 0 radical (unpaired) electrons. The first kappa shape index (κ1) is 15.1. The summed E-state index contributed by atoms with van der Waals surface area (Å²) in [6.45, 7) is 0. The summed E-state index contributed by atoms with van der Waals surface area (Å²) in [5.41, 5.74) is 2.61. The highest BCUT2D eigenvalue weighted by molar-refractivity contribution is 9.11. The van der Waals surface area contributed by atoms with E-state index in [-0.39, 0.29) is 22.5 Å². The van der Waals surface area contributed by atoms with Crippen LogP contribution in [0, 0.1) is 11.6 Å². The summed E-state index contributed by atoms with van der Waals surface area (Å²) in [6.07, 6.45) is 0.139. The summed E-state index contributed by atoms with van der Waals surface area (Å²) < 4.78 is 28.8. The molecule has 0 aliphatic heterocycles. The van der Waals surface area contributed by atoms with E-state index in [1.807, 2.05) is 12.1 Å². The van der Waals surface area contributed by atoms with Crippen molar-refractivity contribution in [2.24, 2.45) is 5.84 Å². The maximum Gasteiger partial charge on any atom is 0.143 e. The average molecular weight is 412 g/mol. The Labute approximate surface area is 130 Å². The van der Waals surface area contributed by atoms with Crippen LogP contribution in [0.15, 0.2) is 32.5 Å². The predicted octanol–water partition coefficient (Wildman–Crippen LogP) is 4.30. The molecule has 0 saturated carbocycles.